The molecule has 1 aliphatic carbocycles. The number of nitrogens with zero attached hydrogens (tertiary/aromatic N) is 2. The largest absolute Gasteiger partial charge is 0.462 e. The normalized spacial score (nSPS) is 22.0. The number of urea groups is 1. The van der Waals surface area contributed by atoms with Crippen LogP contribution in [0.2, 0.25) is 0 Å². The van der Waals surface area contributed by atoms with Crippen LogP contribution in [-0.4, -0.2) is 45.7 Å². The average molecular weight is 493 g/mol. The first-order valence-electron chi connectivity index (χ1n) is 10.9. The molecule has 1 aromatic heterocycles. The van der Waals surface area contributed by atoms with E-state index < -0.39 is 35.0 Å². The molecular formula is C22H22F3N5O5. The van der Waals surface area contributed by atoms with Crippen LogP contribution in [-0.2, 0) is 20.5 Å². The van der Waals surface area contributed by atoms with Crippen molar-refractivity contribution in [3.05, 3.63) is 41.7 Å². The van der Waals surface area contributed by atoms with Gasteiger partial charge in [-0.05, 0) is 56.9 Å². The molecule has 1 spiro atoms. The fraction of sp³-hybridized carbons (Fsp3) is 0.409. The first-order valence-corrected chi connectivity index (χ1v) is 10.9. The smallest absolute Gasteiger partial charge is 0.434 e. The van der Waals surface area contributed by atoms with Gasteiger partial charge in [-0.3, -0.25) is 14.9 Å². The highest BCUT2D eigenvalue weighted by Gasteiger charge is 2.49. The van der Waals surface area contributed by atoms with Crippen molar-refractivity contribution >= 4 is 29.5 Å². The number of hydrogen-bond donors (Lipinski definition) is 3. The molecule has 13 heteroatoms. The number of imide groups is 1. The van der Waals surface area contributed by atoms with Crippen molar-refractivity contribution in [2.75, 3.05) is 11.9 Å². The first kappa shape index (κ1) is 24.2. The number of nitrogens with one attached hydrogen (secondary N) is 3. The molecule has 1 saturated heterocycles. The molecule has 0 radical (unpaired) electrons. The van der Waals surface area contributed by atoms with E-state index in [-0.39, 0.29) is 30.0 Å². The minimum Gasteiger partial charge on any atom is -0.462 e. The van der Waals surface area contributed by atoms with Crippen LogP contribution in [0.4, 0.5) is 23.7 Å². The molecule has 1 aliphatic heterocycles. The number of carbonyl (C=O) groups is 4. The van der Waals surface area contributed by atoms with Crippen molar-refractivity contribution < 1.29 is 37.1 Å². The Morgan fingerprint density at radius 3 is 2.40 bits per heavy atom. The first-order chi connectivity index (χ1) is 16.5. The molecule has 4 amide bonds. The third-order valence-electron chi connectivity index (χ3n) is 6.14. The summed E-state index contributed by atoms with van der Waals surface area (Å²) in [5.74, 6) is -2.20. The van der Waals surface area contributed by atoms with Crippen molar-refractivity contribution in [3.8, 4) is 5.69 Å². The summed E-state index contributed by atoms with van der Waals surface area (Å²) in [6, 6.07) is 4.97. The maximum absolute atomic E-state index is 13.7. The van der Waals surface area contributed by atoms with Crippen LogP contribution in [0, 0.1) is 5.92 Å². The maximum Gasteiger partial charge on any atom is 0.434 e. The topological polar surface area (TPSA) is 131 Å². The summed E-state index contributed by atoms with van der Waals surface area (Å²) in [6.07, 6.45) is -2.64. The summed E-state index contributed by atoms with van der Waals surface area (Å²) in [6.45, 7) is 1.40. The standard InChI is InChI=1S/C22H22F3N5O5/c1-2-35-18(32)15-11-26-30(16(15)22(23,24)25)14-5-3-13(4-6-14)27-17(31)12-7-9-21(10-8-12)19(33)28-20(34)29-21/h3-6,11-12H,2,7-10H2,1H3,(H,27,31)(H2,28,29,33,34). The van der Waals surface area contributed by atoms with Gasteiger partial charge < -0.3 is 15.4 Å². The maximum atomic E-state index is 13.7. The fourth-order valence-corrected chi connectivity index (χ4v) is 4.36. The van der Waals surface area contributed by atoms with Crippen molar-refractivity contribution in [2.45, 2.75) is 44.3 Å². The quantitative estimate of drug-likeness (QED) is 0.434. The Kier molecular flexibility index (Phi) is 6.26. The summed E-state index contributed by atoms with van der Waals surface area (Å²) in [7, 11) is 0. The Hall–Kier alpha value is -3.90. The van der Waals surface area contributed by atoms with E-state index in [9.17, 15) is 32.3 Å². The molecule has 0 unspecified atom stereocenters. The lowest BCUT2D eigenvalue weighted by Crippen LogP contribution is -2.50. The van der Waals surface area contributed by atoms with E-state index in [4.69, 9.17) is 4.74 Å². The Bertz CT molecular complexity index is 1170. The molecule has 0 atom stereocenters. The molecule has 3 N–H and O–H groups in total. The number of halogens is 3. The highest BCUT2D eigenvalue weighted by molar-refractivity contribution is 6.07. The predicted octanol–water partition coefficient (Wildman–Crippen LogP) is 2.77. The number of aromatic nitrogens is 2. The van der Waals surface area contributed by atoms with Gasteiger partial charge in [0.25, 0.3) is 5.91 Å². The van der Waals surface area contributed by atoms with Crippen LogP contribution >= 0.6 is 0 Å². The zero-order valence-corrected chi connectivity index (χ0v) is 18.6. The molecule has 0 bridgehead atoms. The van der Waals surface area contributed by atoms with Gasteiger partial charge in [-0.15, -0.1) is 0 Å². The number of ether oxygens (including phenoxy) is 1. The zero-order valence-electron chi connectivity index (χ0n) is 18.6. The number of rotatable bonds is 5. The number of amides is 4. The van der Waals surface area contributed by atoms with Crippen LogP contribution < -0.4 is 16.0 Å². The third-order valence-corrected chi connectivity index (χ3v) is 6.14. The van der Waals surface area contributed by atoms with Gasteiger partial charge in [0.05, 0.1) is 18.5 Å². The van der Waals surface area contributed by atoms with Gasteiger partial charge in [0, 0.05) is 11.6 Å². The number of carbonyl (C=O) groups excluding carboxylic acids is 4. The van der Waals surface area contributed by atoms with Crippen molar-refractivity contribution in [1.82, 2.24) is 20.4 Å². The molecule has 2 heterocycles. The zero-order chi connectivity index (χ0) is 25.4. The Morgan fingerprint density at radius 2 is 1.86 bits per heavy atom. The summed E-state index contributed by atoms with van der Waals surface area (Å²) >= 11 is 0. The highest BCUT2D eigenvalue weighted by atomic mass is 19.4. The lowest BCUT2D eigenvalue weighted by molar-refractivity contribution is -0.143. The molecule has 2 aliphatic rings. The molecule has 35 heavy (non-hydrogen) atoms. The van der Waals surface area contributed by atoms with E-state index in [2.05, 4.69) is 21.0 Å². The molecular weight excluding hydrogens is 471 g/mol. The highest BCUT2D eigenvalue weighted by Crippen LogP contribution is 2.36. The van der Waals surface area contributed by atoms with Gasteiger partial charge in [0.1, 0.15) is 11.1 Å². The molecule has 186 valence electrons. The van der Waals surface area contributed by atoms with Gasteiger partial charge in [0.15, 0.2) is 5.69 Å². The van der Waals surface area contributed by atoms with E-state index in [1.165, 1.54) is 31.2 Å². The number of benzene rings is 1. The summed E-state index contributed by atoms with van der Waals surface area (Å²) in [5.41, 5.74) is -2.53. The summed E-state index contributed by atoms with van der Waals surface area (Å²) in [4.78, 5) is 48.1. The molecule has 4 rings (SSSR count). The number of hydrogen-bond acceptors (Lipinski definition) is 6. The third kappa shape index (κ3) is 4.70. The van der Waals surface area contributed by atoms with Crippen LogP contribution in [0.25, 0.3) is 5.69 Å². The van der Waals surface area contributed by atoms with E-state index in [0.717, 1.165) is 6.20 Å². The molecule has 2 aromatic rings. The predicted molar refractivity (Wildman–Crippen MR) is 115 cm³/mol. The van der Waals surface area contributed by atoms with E-state index in [1.807, 2.05) is 0 Å². The lowest BCUT2D eigenvalue weighted by Gasteiger charge is -2.33. The Balaban J connectivity index is 1.45. The molecule has 1 aromatic carbocycles. The Morgan fingerprint density at radius 1 is 1.20 bits per heavy atom. The fourth-order valence-electron chi connectivity index (χ4n) is 4.36. The van der Waals surface area contributed by atoms with Gasteiger partial charge in [-0.1, -0.05) is 0 Å². The van der Waals surface area contributed by atoms with Crippen molar-refractivity contribution in [1.29, 1.82) is 0 Å². The molecule has 10 nitrogen and oxygen atoms in total. The minimum atomic E-state index is -4.86. The van der Waals surface area contributed by atoms with E-state index in [1.54, 1.807) is 0 Å². The minimum absolute atomic E-state index is 0.0356. The number of esters is 1. The Labute approximate surface area is 197 Å². The van der Waals surface area contributed by atoms with Gasteiger partial charge in [-0.25, -0.2) is 14.3 Å². The second-order valence-electron chi connectivity index (χ2n) is 8.34. The lowest BCUT2D eigenvalue weighted by atomic mass is 9.76. The summed E-state index contributed by atoms with van der Waals surface area (Å²) < 4.78 is 46.3. The second kappa shape index (κ2) is 9.04. The monoisotopic (exact) mass is 493 g/mol. The number of anilines is 1. The van der Waals surface area contributed by atoms with E-state index in [0.29, 0.717) is 36.1 Å². The second-order valence-corrected chi connectivity index (χ2v) is 8.34. The van der Waals surface area contributed by atoms with Crippen molar-refractivity contribution in [3.63, 3.8) is 0 Å². The van der Waals surface area contributed by atoms with Crippen LogP contribution in [0.1, 0.15) is 48.7 Å². The van der Waals surface area contributed by atoms with Crippen molar-refractivity contribution in [2.24, 2.45) is 5.92 Å². The van der Waals surface area contributed by atoms with Gasteiger partial charge in [-0.2, -0.15) is 18.3 Å². The average Bonchev–Trinajstić information content (AvgIpc) is 3.36. The van der Waals surface area contributed by atoms with Crippen LogP contribution in [0.15, 0.2) is 30.5 Å². The van der Waals surface area contributed by atoms with Gasteiger partial charge >= 0.3 is 18.2 Å². The SMILES string of the molecule is CCOC(=O)c1cnn(-c2ccc(NC(=O)C3CCC4(CC3)NC(=O)NC4=O)cc2)c1C(F)(F)F. The molecule has 2 fully saturated rings. The number of alkyl halides is 3. The van der Waals surface area contributed by atoms with E-state index >= 15 is 0 Å². The van der Waals surface area contributed by atoms with Crippen LogP contribution in [0.5, 0.6) is 0 Å². The van der Waals surface area contributed by atoms with Gasteiger partial charge in [0.2, 0.25) is 5.91 Å². The summed E-state index contributed by atoms with van der Waals surface area (Å²) in [5, 5.41) is 11.3. The van der Waals surface area contributed by atoms with Crippen LogP contribution in [0.3, 0.4) is 0 Å². The molecule has 1 saturated carbocycles.